The molecule has 1 aromatic heterocycles. The summed E-state index contributed by atoms with van der Waals surface area (Å²) in [5.41, 5.74) is 7.83. The van der Waals surface area contributed by atoms with Crippen molar-refractivity contribution in [3.63, 3.8) is 0 Å². The lowest BCUT2D eigenvalue weighted by atomic mass is 9.91. The Morgan fingerprint density at radius 1 is 0.860 bits per heavy atom. The van der Waals surface area contributed by atoms with E-state index in [-0.39, 0.29) is 22.8 Å². The quantitative estimate of drug-likeness (QED) is 0.148. The molecule has 8 rings (SSSR count). The number of carboxylic acid groups (broad SMARTS) is 1. The van der Waals surface area contributed by atoms with Crippen LogP contribution in [0, 0.1) is 11.3 Å². The lowest BCUT2D eigenvalue weighted by Gasteiger charge is -2.28. The molecule has 2 atom stereocenters. The van der Waals surface area contributed by atoms with Crippen molar-refractivity contribution in [2.75, 3.05) is 11.4 Å². The van der Waals surface area contributed by atoms with E-state index < -0.39 is 24.3 Å². The Labute approximate surface area is 288 Å². The number of imide groups is 1. The maximum atomic E-state index is 13.0. The summed E-state index contributed by atoms with van der Waals surface area (Å²) in [6.07, 6.45) is 13.9. The predicted octanol–water partition coefficient (Wildman–Crippen LogP) is 7.75. The number of hydrogen-bond acceptors (Lipinski definition) is 5. The first kappa shape index (κ1) is 30.6. The van der Waals surface area contributed by atoms with Crippen LogP contribution < -0.4 is 4.90 Å². The highest BCUT2D eigenvalue weighted by atomic mass is 16.4. The predicted molar refractivity (Wildman–Crippen MR) is 194 cm³/mol. The Bertz CT molecular complexity index is 2470. The lowest BCUT2D eigenvalue weighted by Crippen LogP contribution is -2.45. The third kappa shape index (κ3) is 4.87. The van der Waals surface area contributed by atoms with Gasteiger partial charge in [0.1, 0.15) is 18.2 Å². The Kier molecular flexibility index (Phi) is 7.38. The topological polar surface area (TPSA) is 107 Å². The molecule has 3 aliphatic rings. The summed E-state index contributed by atoms with van der Waals surface area (Å²) in [6.45, 7) is 0.702. The zero-order valence-corrected chi connectivity index (χ0v) is 27.0. The second-order valence-corrected chi connectivity index (χ2v) is 12.5. The molecule has 8 nitrogen and oxygen atoms in total. The van der Waals surface area contributed by atoms with Gasteiger partial charge < -0.3 is 14.6 Å². The van der Waals surface area contributed by atoms with Gasteiger partial charge in [-0.25, -0.2) is 0 Å². The SMILES string of the molecule is CC1=C(C#N)C(=O)N(CC(=O)O)C(=O)/C1=C\C=C\c1ccc2c(c1)c1ccccc1n2-c1ccc(N2c3ccccc3C3C=CC=CC32)cc1. The van der Waals surface area contributed by atoms with Gasteiger partial charge in [-0.05, 0) is 78.2 Å². The normalized spacial score (nSPS) is 19.2. The number of amides is 2. The molecule has 0 fully saturated rings. The van der Waals surface area contributed by atoms with Crippen molar-refractivity contribution in [3.8, 4) is 11.8 Å². The number of carboxylic acids is 1. The molecule has 0 spiro atoms. The summed E-state index contributed by atoms with van der Waals surface area (Å²) >= 11 is 0. The van der Waals surface area contributed by atoms with E-state index in [9.17, 15) is 24.8 Å². The number of para-hydroxylation sites is 2. The number of aromatic nitrogens is 1. The molecule has 2 aliphatic heterocycles. The average Bonchev–Trinajstić information content (AvgIpc) is 3.64. The fourth-order valence-electron chi connectivity index (χ4n) is 7.42. The Morgan fingerprint density at radius 2 is 1.58 bits per heavy atom. The first-order valence-corrected chi connectivity index (χ1v) is 16.3. The smallest absolute Gasteiger partial charge is 0.323 e. The van der Waals surface area contributed by atoms with Gasteiger partial charge in [-0.2, -0.15) is 5.26 Å². The molecule has 242 valence electrons. The molecule has 8 heteroatoms. The monoisotopic (exact) mass is 654 g/mol. The van der Waals surface area contributed by atoms with Gasteiger partial charge >= 0.3 is 5.97 Å². The van der Waals surface area contributed by atoms with Gasteiger partial charge in [0.05, 0.1) is 17.1 Å². The molecular formula is C42H30N4O4. The molecule has 1 aliphatic carbocycles. The number of nitrogens with zero attached hydrogens (tertiary/aromatic N) is 4. The fraction of sp³-hybridized carbons (Fsp3) is 0.0952. The maximum absolute atomic E-state index is 13.0. The fourth-order valence-corrected chi connectivity index (χ4v) is 7.42. The van der Waals surface area contributed by atoms with Crippen molar-refractivity contribution in [3.05, 3.63) is 155 Å². The molecule has 0 radical (unpaired) electrons. The Balaban J connectivity index is 1.14. The van der Waals surface area contributed by atoms with Crippen LogP contribution in [0.15, 0.2) is 144 Å². The van der Waals surface area contributed by atoms with Gasteiger partial charge in [-0.3, -0.25) is 19.3 Å². The molecule has 3 heterocycles. The van der Waals surface area contributed by atoms with Crippen molar-refractivity contribution in [1.82, 2.24) is 9.47 Å². The number of allylic oxidation sites excluding steroid dienone is 4. The van der Waals surface area contributed by atoms with E-state index in [2.05, 4.69) is 107 Å². The van der Waals surface area contributed by atoms with Crippen LogP contribution in [-0.2, 0) is 14.4 Å². The van der Waals surface area contributed by atoms with E-state index in [4.69, 9.17) is 0 Å². The summed E-state index contributed by atoms with van der Waals surface area (Å²) in [5.74, 6) is -2.67. The van der Waals surface area contributed by atoms with Crippen LogP contribution in [0.3, 0.4) is 0 Å². The molecule has 0 bridgehead atoms. The van der Waals surface area contributed by atoms with Crippen LogP contribution >= 0.6 is 0 Å². The second-order valence-electron chi connectivity index (χ2n) is 12.5. The Morgan fingerprint density at radius 3 is 2.38 bits per heavy atom. The molecule has 2 amide bonds. The van der Waals surface area contributed by atoms with Crippen LogP contribution in [-0.4, -0.2) is 44.9 Å². The minimum absolute atomic E-state index is 0.101. The van der Waals surface area contributed by atoms with Crippen molar-refractivity contribution < 1.29 is 19.5 Å². The molecular weight excluding hydrogens is 624 g/mol. The third-order valence-electron chi connectivity index (χ3n) is 9.71. The average molecular weight is 655 g/mol. The second kappa shape index (κ2) is 12.1. The molecule has 0 saturated carbocycles. The van der Waals surface area contributed by atoms with E-state index in [1.165, 1.54) is 24.3 Å². The highest BCUT2D eigenvalue weighted by Crippen LogP contribution is 2.47. The molecule has 5 aromatic rings. The number of hydrogen-bond donors (Lipinski definition) is 1. The number of benzene rings is 4. The van der Waals surface area contributed by atoms with E-state index >= 15 is 0 Å². The Hall–Kier alpha value is -6.72. The molecule has 4 aromatic carbocycles. The molecule has 50 heavy (non-hydrogen) atoms. The van der Waals surface area contributed by atoms with Crippen LogP contribution in [0.4, 0.5) is 11.4 Å². The summed E-state index contributed by atoms with van der Waals surface area (Å²) in [7, 11) is 0. The van der Waals surface area contributed by atoms with Gasteiger partial charge in [-0.1, -0.05) is 78.9 Å². The van der Waals surface area contributed by atoms with Gasteiger partial charge in [-0.15, -0.1) is 0 Å². The number of anilines is 2. The highest BCUT2D eigenvalue weighted by Gasteiger charge is 2.37. The number of aliphatic carboxylic acids is 1. The maximum Gasteiger partial charge on any atom is 0.323 e. The van der Waals surface area contributed by atoms with Crippen LogP contribution in [0.5, 0.6) is 0 Å². The first-order valence-electron chi connectivity index (χ1n) is 16.3. The van der Waals surface area contributed by atoms with E-state index in [1.54, 1.807) is 6.08 Å². The standard InChI is InChI=1S/C42H30N4O4/c1-26-30(41(49)44(25-40(47)48)42(50)35(26)24-43)13-8-9-27-17-22-39-34(23-27)33-12-4-7-16-38(33)46(39)29-20-18-28(19-21-29)45-36-14-5-2-10-31(36)32-11-3-6-15-37(32)45/h2-23,31,36H,25H2,1H3,(H,47,48)/b9-8+,30-13-. The number of fused-ring (bicyclic) bond motifs is 6. The van der Waals surface area contributed by atoms with Crippen molar-refractivity contribution in [2.24, 2.45) is 0 Å². The van der Waals surface area contributed by atoms with E-state index in [0.29, 0.717) is 10.8 Å². The minimum Gasteiger partial charge on any atom is -0.480 e. The highest BCUT2D eigenvalue weighted by molar-refractivity contribution is 6.19. The summed E-state index contributed by atoms with van der Waals surface area (Å²) in [5, 5.41) is 20.9. The summed E-state index contributed by atoms with van der Waals surface area (Å²) in [6, 6.07) is 33.8. The number of carbonyl (C=O) groups excluding carboxylic acids is 2. The van der Waals surface area contributed by atoms with Crippen molar-refractivity contribution in [1.29, 1.82) is 5.26 Å². The first-order chi connectivity index (χ1) is 24.4. The molecule has 1 N–H and O–H groups in total. The number of nitriles is 1. The minimum atomic E-state index is -1.34. The summed E-state index contributed by atoms with van der Waals surface area (Å²) in [4.78, 5) is 39.9. The lowest BCUT2D eigenvalue weighted by molar-refractivity contribution is -0.149. The zero-order valence-electron chi connectivity index (χ0n) is 27.0. The molecule has 0 saturated heterocycles. The van der Waals surface area contributed by atoms with Crippen molar-refractivity contribution >= 4 is 57.0 Å². The van der Waals surface area contributed by atoms with Crippen molar-refractivity contribution in [2.45, 2.75) is 18.9 Å². The van der Waals surface area contributed by atoms with Gasteiger partial charge in [0.25, 0.3) is 11.8 Å². The van der Waals surface area contributed by atoms with Gasteiger partial charge in [0.2, 0.25) is 0 Å². The van der Waals surface area contributed by atoms with E-state index in [0.717, 1.165) is 38.7 Å². The number of rotatable bonds is 6. The number of carbonyl (C=O) groups is 3. The van der Waals surface area contributed by atoms with Gasteiger partial charge in [0, 0.05) is 39.3 Å². The van der Waals surface area contributed by atoms with Gasteiger partial charge in [0.15, 0.2) is 0 Å². The largest absolute Gasteiger partial charge is 0.480 e. The van der Waals surface area contributed by atoms with Crippen LogP contribution in [0.25, 0.3) is 33.6 Å². The molecule has 2 unspecified atom stereocenters. The zero-order chi connectivity index (χ0) is 34.5. The summed E-state index contributed by atoms with van der Waals surface area (Å²) < 4.78 is 2.26. The van der Waals surface area contributed by atoms with Crippen LogP contribution in [0.2, 0.25) is 0 Å². The van der Waals surface area contributed by atoms with E-state index in [1.807, 2.05) is 30.3 Å². The third-order valence-corrected chi connectivity index (χ3v) is 9.71. The van der Waals surface area contributed by atoms with Crippen LogP contribution in [0.1, 0.15) is 24.0 Å².